The zero-order valence-corrected chi connectivity index (χ0v) is 16.8. The fourth-order valence-corrected chi connectivity index (χ4v) is 3.95. The third-order valence-electron chi connectivity index (χ3n) is 3.81. The molecule has 0 radical (unpaired) electrons. The smallest absolute Gasteiger partial charge is 0.335 e. The van der Waals surface area contributed by atoms with Gasteiger partial charge in [-0.15, -0.1) is 6.58 Å². The predicted octanol–water partition coefficient (Wildman–Crippen LogP) is 5.48. The standard InChI is InChI=1S/C20H14Cl2N2O3S/c1-2-10-24-18(25)17(11-14-15(21)4-3-5-16(14)22)28-20(24)23-13-8-6-12(7-9-13)19(26)27/h2-9,11H,1,10H2,(H,26,27)/b17-11-,23-20?. The van der Waals surface area contributed by atoms with Crippen LogP contribution in [-0.4, -0.2) is 33.6 Å². The van der Waals surface area contributed by atoms with E-state index >= 15 is 0 Å². The normalized spacial score (nSPS) is 16.8. The van der Waals surface area contributed by atoms with Crippen LogP contribution in [0.2, 0.25) is 10.0 Å². The van der Waals surface area contributed by atoms with Crippen molar-refractivity contribution in [3.8, 4) is 0 Å². The highest BCUT2D eigenvalue weighted by Gasteiger charge is 2.33. The van der Waals surface area contributed by atoms with Gasteiger partial charge in [-0.3, -0.25) is 9.69 Å². The first kappa shape index (κ1) is 20.2. The van der Waals surface area contributed by atoms with E-state index in [1.807, 2.05) is 0 Å². The Morgan fingerprint density at radius 3 is 2.39 bits per heavy atom. The topological polar surface area (TPSA) is 70.0 Å². The summed E-state index contributed by atoms with van der Waals surface area (Å²) in [7, 11) is 0. The van der Waals surface area contributed by atoms with Crippen LogP contribution in [0.3, 0.4) is 0 Å². The van der Waals surface area contributed by atoms with Crippen molar-refractivity contribution in [2.45, 2.75) is 0 Å². The van der Waals surface area contributed by atoms with Crippen LogP contribution in [-0.2, 0) is 4.79 Å². The number of benzene rings is 2. The number of hydrogen-bond acceptors (Lipinski definition) is 4. The second-order valence-corrected chi connectivity index (χ2v) is 7.52. The number of carboxylic acids is 1. The molecule has 2 aromatic rings. The molecular weight excluding hydrogens is 419 g/mol. The lowest BCUT2D eigenvalue weighted by Crippen LogP contribution is -2.29. The molecule has 8 heteroatoms. The van der Waals surface area contributed by atoms with Crippen molar-refractivity contribution < 1.29 is 14.7 Å². The highest BCUT2D eigenvalue weighted by Crippen LogP contribution is 2.36. The second-order valence-electron chi connectivity index (χ2n) is 5.70. The minimum Gasteiger partial charge on any atom is -0.478 e. The van der Waals surface area contributed by atoms with Crippen molar-refractivity contribution in [2.75, 3.05) is 6.54 Å². The van der Waals surface area contributed by atoms with Gasteiger partial charge in [-0.1, -0.05) is 35.3 Å². The summed E-state index contributed by atoms with van der Waals surface area (Å²) in [6.45, 7) is 3.97. The molecule has 0 bridgehead atoms. The van der Waals surface area contributed by atoms with Gasteiger partial charge in [0.25, 0.3) is 5.91 Å². The van der Waals surface area contributed by atoms with Crippen molar-refractivity contribution in [3.63, 3.8) is 0 Å². The van der Waals surface area contributed by atoms with Crippen molar-refractivity contribution in [2.24, 2.45) is 4.99 Å². The molecule has 5 nitrogen and oxygen atoms in total. The molecule has 1 amide bonds. The fraction of sp³-hybridized carbons (Fsp3) is 0.0500. The van der Waals surface area contributed by atoms with Gasteiger partial charge in [0.05, 0.1) is 16.2 Å². The lowest BCUT2D eigenvalue weighted by atomic mass is 10.2. The van der Waals surface area contributed by atoms with E-state index in [0.717, 1.165) is 0 Å². The van der Waals surface area contributed by atoms with Crippen LogP contribution in [0.5, 0.6) is 0 Å². The van der Waals surface area contributed by atoms with Crippen molar-refractivity contribution in [3.05, 3.63) is 81.2 Å². The average molecular weight is 433 g/mol. The van der Waals surface area contributed by atoms with E-state index in [1.165, 1.54) is 28.8 Å². The van der Waals surface area contributed by atoms with Gasteiger partial charge < -0.3 is 5.11 Å². The monoisotopic (exact) mass is 432 g/mol. The van der Waals surface area contributed by atoms with Crippen LogP contribution < -0.4 is 0 Å². The first-order valence-electron chi connectivity index (χ1n) is 8.09. The number of carbonyl (C=O) groups is 2. The molecule has 2 aromatic carbocycles. The zero-order valence-electron chi connectivity index (χ0n) is 14.4. The molecule has 142 valence electrons. The molecule has 0 unspecified atom stereocenters. The summed E-state index contributed by atoms with van der Waals surface area (Å²) in [5.41, 5.74) is 1.26. The quantitative estimate of drug-likeness (QED) is 0.501. The zero-order chi connectivity index (χ0) is 20.3. The maximum Gasteiger partial charge on any atom is 0.335 e. The van der Waals surface area contributed by atoms with Crippen LogP contribution in [0.25, 0.3) is 6.08 Å². The van der Waals surface area contributed by atoms with Gasteiger partial charge in [0.15, 0.2) is 5.17 Å². The molecule has 0 aliphatic carbocycles. The third kappa shape index (κ3) is 4.30. The summed E-state index contributed by atoms with van der Waals surface area (Å²) in [4.78, 5) is 30.2. The van der Waals surface area contributed by atoms with Gasteiger partial charge in [0.2, 0.25) is 0 Å². The fourth-order valence-electron chi connectivity index (χ4n) is 2.45. The summed E-state index contributed by atoms with van der Waals surface area (Å²) in [6.07, 6.45) is 3.25. The van der Waals surface area contributed by atoms with Gasteiger partial charge in [0.1, 0.15) is 0 Å². The number of amidine groups is 1. The molecule has 1 aliphatic rings. The number of rotatable bonds is 5. The van der Waals surface area contributed by atoms with Crippen LogP contribution in [0.15, 0.2) is 65.0 Å². The highest BCUT2D eigenvalue weighted by atomic mass is 35.5. The minimum absolute atomic E-state index is 0.163. The number of hydrogen-bond donors (Lipinski definition) is 1. The molecule has 0 saturated carbocycles. The summed E-state index contributed by atoms with van der Waals surface area (Å²) < 4.78 is 0. The van der Waals surface area contributed by atoms with Gasteiger partial charge >= 0.3 is 5.97 Å². The first-order valence-corrected chi connectivity index (χ1v) is 9.66. The maximum atomic E-state index is 12.8. The number of carboxylic acid groups (broad SMARTS) is 1. The molecule has 1 N–H and O–H groups in total. The van der Waals surface area contributed by atoms with E-state index in [9.17, 15) is 9.59 Å². The lowest BCUT2D eigenvalue weighted by Gasteiger charge is -2.12. The predicted molar refractivity (Wildman–Crippen MR) is 114 cm³/mol. The highest BCUT2D eigenvalue weighted by molar-refractivity contribution is 8.18. The number of carbonyl (C=O) groups excluding carboxylic acids is 1. The number of halogens is 2. The number of aliphatic imine (C=N–C) groups is 1. The molecule has 3 rings (SSSR count). The Balaban J connectivity index is 1.97. The van der Waals surface area contributed by atoms with E-state index in [0.29, 0.717) is 31.4 Å². The van der Waals surface area contributed by atoms with Crippen molar-refractivity contribution in [1.29, 1.82) is 0 Å². The van der Waals surface area contributed by atoms with Crippen LogP contribution in [0.1, 0.15) is 15.9 Å². The lowest BCUT2D eigenvalue weighted by molar-refractivity contribution is -0.121. The molecule has 1 aliphatic heterocycles. The summed E-state index contributed by atoms with van der Waals surface area (Å²) >= 11 is 13.6. The SMILES string of the molecule is C=CCN1C(=O)/C(=C/c2c(Cl)cccc2Cl)SC1=Nc1ccc(C(=O)O)cc1. The average Bonchev–Trinajstić information content (AvgIpc) is 2.94. The van der Waals surface area contributed by atoms with Gasteiger partial charge in [-0.05, 0) is 54.2 Å². The summed E-state index contributed by atoms with van der Waals surface area (Å²) in [6, 6.07) is 11.2. The van der Waals surface area contributed by atoms with E-state index in [-0.39, 0.29) is 18.0 Å². The Kier molecular flexibility index (Phi) is 6.24. The number of aromatic carboxylic acids is 1. The van der Waals surface area contributed by atoms with Crippen LogP contribution in [0.4, 0.5) is 5.69 Å². The number of amides is 1. The van der Waals surface area contributed by atoms with Gasteiger partial charge in [-0.2, -0.15) is 0 Å². The van der Waals surface area contributed by atoms with E-state index < -0.39 is 5.97 Å². The molecule has 28 heavy (non-hydrogen) atoms. The Hall–Kier alpha value is -2.54. The minimum atomic E-state index is -1.01. The number of thioether (sulfide) groups is 1. The Bertz CT molecular complexity index is 996. The molecule has 0 aromatic heterocycles. The third-order valence-corrected chi connectivity index (χ3v) is 5.48. The molecule has 0 atom stereocenters. The van der Waals surface area contributed by atoms with Crippen LogP contribution in [0, 0.1) is 0 Å². The van der Waals surface area contributed by atoms with E-state index in [2.05, 4.69) is 11.6 Å². The Labute approximate surface area is 176 Å². The molecule has 1 saturated heterocycles. The summed E-state index contributed by atoms with van der Waals surface area (Å²) in [5, 5.41) is 10.3. The maximum absolute atomic E-state index is 12.8. The summed E-state index contributed by atoms with van der Waals surface area (Å²) in [5.74, 6) is -1.25. The Morgan fingerprint density at radius 1 is 1.18 bits per heavy atom. The largest absolute Gasteiger partial charge is 0.478 e. The Morgan fingerprint density at radius 2 is 1.82 bits per heavy atom. The number of nitrogens with zero attached hydrogens (tertiary/aromatic N) is 2. The van der Waals surface area contributed by atoms with Crippen molar-refractivity contribution in [1.82, 2.24) is 4.90 Å². The molecule has 1 heterocycles. The van der Waals surface area contributed by atoms with E-state index in [4.69, 9.17) is 28.3 Å². The molecular formula is C20H14Cl2N2O3S. The van der Waals surface area contributed by atoms with Crippen LogP contribution >= 0.6 is 35.0 Å². The molecule has 1 fully saturated rings. The second kappa shape index (κ2) is 8.65. The van der Waals surface area contributed by atoms with Gasteiger partial charge in [-0.25, -0.2) is 9.79 Å². The molecule has 0 spiro atoms. The van der Waals surface area contributed by atoms with E-state index in [1.54, 1.807) is 42.5 Å². The first-order chi connectivity index (χ1) is 13.4. The van der Waals surface area contributed by atoms with Crippen molar-refractivity contribution >= 4 is 63.8 Å². The van der Waals surface area contributed by atoms with Gasteiger partial charge in [0, 0.05) is 22.2 Å².